The number of carbonyl (C=O) groups excluding carboxylic acids is 1. The second kappa shape index (κ2) is 7.83. The number of fused-ring (bicyclic) bond motifs is 4. The van der Waals surface area contributed by atoms with Crippen LogP contribution in [0.1, 0.15) is 38.4 Å². The maximum absolute atomic E-state index is 12.5. The summed E-state index contributed by atoms with van der Waals surface area (Å²) in [4.78, 5) is 24.8. The first-order chi connectivity index (χ1) is 14.3. The Balaban J connectivity index is 1.54. The van der Waals surface area contributed by atoms with Crippen molar-refractivity contribution >= 4 is 11.9 Å². The van der Waals surface area contributed by atoms with Gasteiger partial charge in [0.05, 0.1) is 18.8 Å². The molecule has 8 heteroatoms. The van der Waals surface area contributed by atoms with E-state index in [9.17, 15) is 14.7 Å². The number of carboxylic acid groups (broad SMARTS) is 1. The minimum absolute atomic E-state index is 0.0223. The molecule has 164 valence electrons. The van der Waals surface area contributed by atoms with Crippen molar-refractivity contribution < 1.29 is 34.0 Å². The fraction of sp³-hybridized carbons (Fsp3) is 0.636. The molecule has 0 spiro atoms. The molecule has 1 amide bonds. The molecule has 0 bridgehead atoms. The van der Waals surface area contributed by atoms with Gasteiger partial charge in [-0.15, -0.1) is 0 Å². The molecule has 1 aromatic carbocycles. The van der Waals surface area contributed by atoms with Gasteiger partial charge in [-0.1, -0.05) is 18.2 Å². The van der Waals surface area contributed by atoms with Gasteiger partial charge in [-0.25, -0.2) is 4.79 Å². The highest BCUT2D eigenvalue weighted by molar-refractivity contribution is 5.78. The molecule has 1 aromatic rings. The number of hydrogen-bond acceptors (Lipinski definition) is 6. The van der Waals surface area contributed by atoms with Crippen LogP contribution in [0.2, 0.25) is 0 Å². The van der Waals surface area contributed by atoms with Gasteiger partial charge in [-0.2, -0.15) is 0 Å². The number of amides is 1. The summed E-state index contributed by atoms with van der Waals surface area (Å²) in [6.07, 6.45) is 0.989. The van der Waals surface area contributed by atoms with Gasteiger partial charge in [-0.3, -0.25) is 4.79 Å². The second-order valence-corrected chi connectivity index (χ2v) is 9.11. The normalized spacial score (nSPS) is 31.7. The average molecular weight is 419 g/mol. The van der Waals surface area contributed by atoms with Gasteiger partial charge < -0.3 is 29.3 Å². The van der Waals surface area contributed by atoms with Gasteiger partial charge in [0.15, 0.2) is 0 Å². The van der Waals surface area contributed by atoms with Gasteiger partial charge in [0, 0.05) is 30.0 Å². The van der Waals surface area contributed by atoms with Crippen molar-refractivity contribution in [1.29, 1.82) is 0 Å². The Hall–Kier alpha value is -2.16. The monoisotopic (exact) mass is 419 g/mol. The zero-order chi connectivity index (χ0) is 21.5. The van der Waals surface area contributed by atoms with Crippen molar-refractivity contribution in [3.05, 3.63) is 29.8 Å². The number of aliphatic carboxylic acids is 1. The van der Waals surface area contributed by atoms with Crippen LogP contribution < -0.4 is 4.74 Å². The number of carboxylic acids is 1. The molecule has 0 aromatic heterocycles. The number of hydrogen-bond donors (Lipinski definition) is 2. The van der Waals surface area contributed by atoms with E-state index in [1.165, 1.54) is 0 Å². The quantitative estimate of drug-likeness (QED) is 0.747. The molecule has 0 aliphatic carbocycles. The predicted octanol–water partition coefficient (Wildman–Crippen LogP) is 1.62. The Labute approximate surface area is 175 Å². The first kappa shape index (κ1) is 21.1. The van der Waals surface area contributed by atoms with Crippen molar-refractivity contribution in [1.82, 2.24) is 4.90 Å². The van der Waals surface area contributed by atoms with Crippen LogP contribution in [-0.2, 0) is 19.1 Å². The fourth-order valence-corrected chi connectivity index (χ4v) is 5.18. The van der Waals surface area contributed by atoms with Crippen LogP contribution >= 0.6 is 0 Å². The third-order valence-corrected chi connectivity index (χ3v) is 6.76. The lowest BCUT2D eigenvalue weighted by atomic mass is 9.63. The molecule has 3 heterocycles. The van der Waals surface area contributed by atoms with Crippen molar-refractivity contribution in [3.8, 4) is 5.75 Å². The highest BCUT2D eigenvalue weighted by Gasteiger charge is 2.57. The molecule has 2 N–H and O–H groups in total. The standard InChI is InChI=1S/C22H29NO7/c1-21(2)15-9-22(13-24)12-23(18(25)10-28-11-19(26)27)8-7-17(22)29-20(15)14-5-3-4-6-16(14)30-21/h3-6,15,17,20,24H,7-13H2,1-2H3,(H,26,27)/t15-,17-,20+,22+/m1/s1. The van der Waals surface area contributed by atoms with Crippen molar-refractivity contribution in [2.24, 2.45) is 11.3 Å². The Morgan fingerprint density at radius 3 is 2.77 bits per heavy atom. The number of benzene rings is 1. The first-order valence-electron chi connectivity index (χ1n) is 10.4. The summed E-state index contributed by atoms with van der Waals surface area (Å²) in [6, 6.07) is 7.93. The van der Waals surface area contributed by atoms with Crippen LogP contribution in [-0.4, -0.2) is 71.6 Å². The minimum atomic E-state index is -1.11. The summed E-state index contributed by atoms with van der Waals surface area (Å²) in [7, 11) is 0. The number of ether oxygens (including phenoxy) is 3. The van der Waals surface area contributed by atoms with Crippen LogP contribution in [0.4, 0.5) is 0 Å². The number of piperidine rings is 1. The zero-order valence-electron chi connectivity index (χ0n) is 17.4. The maximum atomic E-state index is 12.5. The van der Waals surface area contributed by atoms with Crippen molar-refractivity contribution in [3.63, 3.8) is 0 Å². The highest BCUT2D eigenvalue weighted by Crippen LogP contribution is 2.56. The molecular formula is C22H29NO7. The number of para-hydroxylation sites is 1. The van der Waals surface area contributed by atoms with E-state index >= 15 is 0 Å². The molecule has 0 unspecified atom stereocenters. The van der Waals surface area contributed by atoms with Gasteiger partial charge in [-0.05, 0) is 32.8 Å². The SMILES string of the molecule is CC1(C)Oc2ccccc2[C@@H]2O[C@@H]3CCN(C(=O)COCC(=O)O)C[C@]3(CO)C[C@H]21. The summed E-state index contributed by atoms with van der Waals surface area (Å²) < 4.78 is 17.9. The number of likely N-dealkylation sites (tertiary alicyclic amines) is 1. The number of rotatable bonds is 5. The summed E-state index contributed by atoms with van der Waals surface area (Å²) in [6.45, 7) is 4.03. The summed E-state index contributed by atoms with van der Waals surface area (Å²) >= 11 is 0. The Bertz CT molecular complexity index is 825. The third kappa shape index (κ3) is 3.68. The number of nitrogens with zero attached hydrogens (tertiary/aromatic N) is 1. The van der Waals surface area contributed by atoms with Gasteiger partial charge in [0.25, 0.3) is 0 Å². The van der Waals surface area contributed by atoms with Crippen LogP contribution in [0, 0.1) is 11.3 Å². The number of aliphatic hydroxyl groups excluding tert-OH is 1. The molecule has 30 heavy (non-hydrogen) atoms. The molecule has 8 nitrogen and oxygen atoms in total. The van der Waals surface area contributed by atoms with E-state index in [4.69, 9.17) is 19.3 Å². The number of aliphatic hydroxyl groups is 1. The lowest BCUT2D eigenvalue weighted by Gasteiger charge is -2.58. The molecule has 2 saturated heterocycles. The lowest BCUT2D eigenvalue weighted by molar-refractivity contribution is -0.231. The third-order valence-electron chi connectivity index (χ3n) is 6.76. The molecular weight excluding hydrogens is 390 g/mol. The minimum Gasteiger partial charge on any atom is -0.487 e. The molecule has 4 rings (SSSR count). The topological polar surface area (TPSA) is 106 Å². The summed E-state index contributed by atoms with van der Waals surface area (Å²) in [5, 5.41) is 19.1. The summed E-state index contributed by atoms with van der Waals surface area (Å²) in [5.74, 6) is -0.522. The van der Waals surface area contributed by atoms with Crippen molar-refractivity contribution in [2.45, 2.75) is 44.5 Å². The molecule has 2 fully saturated rings. The van der Waals surface area contributed by atoms with Gasteiger partial charge in [0.2, 0.25) is 5.91 Å². The predicted molar refractivity (Wildman–Crippen MR) is 106 cm³/mol. The van der Waals surface area contributed by atoms with Crippen LogP contribution in [0.3, 0.4) is 0 Å². The molecule has 3 aliphatic rings. The smallest absolute Gasteiger partial charge is 0.329 e. The molecule has 0 radical (unpaired) electrons. The first-order valence-corrected chi connectivity index (χ1v) is 10.4. The maximum Gasteiger partial charge on any atom is 0.329 e. The van der Waals surface area contributed by atoms with Crippen LogP contribution in [0.15, 0.2) is 24.3 Å². The molecule has 0 saturated carbocycles. The van der Waals surface area contributed by atoms with Gasteiger partial charge >= 0.3 is 5.97 Å². The van der Waals surface area contributed by atoms with Crippen LogP contribution in [0.25, 0.3) is 0 Å². The molecule has 4 atom stereocenters. The van der Waals surface area contributed by atoms with E-state index in [1.807, 2.05) is 38.1 Å². The van der Waals surface area contributed by atoms with E-state index in [2.05, 4.69) is 0 Å². The van der Waals surface area contributed by atoms with Crippen LogP contribution in [0.5, 0.6) is 5.75 Å². The lowest BCUT2D eigenvalue weighted by Crippen LogP contribution is -2.63. The second-order valence-electron chi connectivity index (χ2n) is 9.11. The fourth-order valence-electron chi connectivity index (χ4n) is 5.18. The highest BCUT2D eigenvalue weighted by atomic mass is 16.5. The average Bonchev–Trinajstić information content (AvgIpc) is 2.71. The van der Waals surface area contributed by atoms with E-state index < -0.39 is 23.6 Å². The van der Waals surface area contributed by atoms with E-state index in [1.54, 1.807) is 4.90 Å². The number of carbonyl (C=O) groups is 2. The Morgan fingerprint density at radius 2 is 2.03 bits per heavy atom. The summed E-state index contributed by atoms with van der Waals surface area (Å²) in [5.41, 5.74) is -0.0355. The zero-order valence-corrected chi connectivity index (χ0v) is 17.4. The Morgan fingerprint density at radius 1 is 1.27 bits per heavy atom. The van der Waals surface area contributed by atoms with Crippen molar-refractivity contribution in [2.75, 3.05) is 32.9 Å². The van der Waals surface area contributed by atoms with E-state index in [0.29, 0.717) is 25.9 Å². The Kier molecular flexibility index (Phi) is 5.50. The largest absolute Gasteiger partial charge is 0.487 e. The van der Waals surface area contributed by atoms with E-state index in [0.717, 1.165) is 11.3 Å². The van der Waals surface area contributed by atoms with E-state index in [-0.39, 0.29) is 37.2 Å². The molecule has 3 aliphatic heterocycles. The van der Waals surface area contributed by atoms with Gasteiger partial charge in [0.1, 0.15) is 24.6 Å².